The minimum absolute atomic E-state index is 0.303. The molecule has 1 aromatic rings. The number of halogens is 1. The Labute approximate surface area is 79.6 Å². The highest BCUT2D eigenvalue weighted by atomic mass is 31.0. The molecule has 3 heteroatoms. The third-order valence-corrected chi connectivity index (χ3v) is 1.99. The third-order valence-electron chi connectivity index (χ3n) is 1.71. The van der Waals surface area contributed by atoms with E-state index in [2.05, 4.69) is 27.5 Å². The predicted molar refractivity (Wildman–Crippen MR) is 59.1 cm³/mol. The van der Waals surface area contributed by atoms with Crippen LogP contribution in [0.4, 0.5) is 10.1 Å². The Morgan fingerprint density at radius 1 is 1.54 bits per heavy atom. The summed E-state index contributed by atoms with van der Waals surface area (Å²) in [7, 11) is 2.36. The standard InChI is InChI=1S/C10H11FNP/c1-6-4-8(11)10(7(2)13)9(5-6)12-3/h4-5H,2-3,13H2,1H3. The van der Waals surface area contributed by atoms with Crippen LogP contribution in [-0.2, 0) is 0 Å². The summed E-state index contributed by atoms with van der Waals surface area (Å²) in [6, 6.07) is 3.24. The normalized spacial score (nSPS) is 9.77. The van der Waals surface area contributed by atoms with Crippen molar-refractivity contribution in [3.05, 3.63) is 35.7 Å². The van der Waals surface area contributed by atoms with Gasteiger partial charge in [0.15, 0.2) is 0 Å². The van der Waals surface area contributed by atoms with Gasteiger partial charge in [-0.2, -0.15) is 0 Å². The number of aliphatic imine (C=N–C) groups is 1. The largest absolute Gasteiger partial charge is 0.264 e. The first-order valence-electron chi connectivity index (χ1n) is 3.78. The van der Waals surface area contributed by atoms with E-state index in [9.17, 15) is 4.39 Å². The van der Waals surface area contributed by atoms with E-state index in [1.165, 1.54) is 6.07 Å². The quantitative estimate of drug-likeness (QED) is 0.507. The molecule has 0 fully saturated rings. The van der Waals surface area contributed by atoms with Gasteiger partial charge in [-0.1, -0.05) is 6.58 Å². The fourth-order valence-corrected chi connectivity index (χ4v) is 1.45. The van der Waals surface area contributed by atoms with Gasteiger partial charge in [-0.05, 0) is 36.7 Å². The molecule has 1 nitrogen and oxygen atoms in total. The van der Waals surface area contributed by atoms with E-state index in [1.54, 1.807) is 6.07 Å². The molecule has 0 amide bonds. The Kier molecular flexibility index (Phi) is 2.94. The van der Waals surface area contributed by atoms with Crippen LogP contribution in [0.15, 0.2) is 23.7 Å². The van der Waals surface area contributed by atoms with Crippen molar-refractivity contribution < 1.29 is 4.39 Å². The average molecular weight is 195 g/mol. The van der Waals surface area contributed by atoms with E-state index in [4.69, 9.17) is 0 Å². The lowest BCUT2D eigenvalue weighted by molar-refractivity contribution is 0.624. The van der Waals surface area contributed by atoms with Crippen molar-refractivity contribution >= 4 is 27.0 Å². The zero-order valence-electron chi connectivity index (χ0n) is 7.47. The van der Waals surface area contributed by atoms with E-state index in [-0.39, 0.29) is 5.82 Å². The summed E-state index contributed by atoms with van der Waals surface area (Å²) in [6.45, 7) is 8.86. The van der Waals surface area contributed by atoms with Crippen LogP contribution in [0.5, 0.6) is 0 Å². The fourth-order valence-electron chi connectivity index (χ4n) is 1.17. The minimum atomic E-state index is -0.303. The molecular weight excluding hydrogens is 184 g/mol. The maximum absolute atomic E-state index is 13.4. The first kappa shape index (κ1) is 10.1. The average Bonchev–Trinajstić information content (AvgIpc) is 2.01. The molecule has 1 rings (SSSR count). The Morgan fingerprint density at radius 3 is 2.62 bits per heavy atom. The van der Waals surface area contributed by atoms with Crippen molar-refractivity contribution in [1.29, 1.82) is 0 Å². The molecule has 0 bridgehead atoms. The molecule has 0 aliphatic rings. The molecular formula is C10H11FNP. The molecule has 13 heavy (non-hydrogen) atoms. The highest BCUT2D eigenvalue weighted by Crippen LogP contribution is 2.32. The molecule has 1 unspecified atom stereocenters. The second-order valence-corrected chi connectivity index (χ2v) is 3.52. The summed E-state index contributed by atoms with van der Waals surface area (Å²) >= 11 is 0. The molecule has 0 saturated heterocycles. The fraction of sp³-hybridized carbons (Fsp3) is 0.100. The summed E-state index contributed by atoms with van der Waals surface area (Å²) in [5, 5.41) is 0.583. The molecule has 0 N–H and O–H groups in total. The van der Waals surface area contributed by atoms with Crippen LogP contribution in [-0.4, -0.2) is 6.72 Å². The summed E-state index contributed by atoms with van der Waals surface area (Å²) in [5.74, 6) is -0.303. The lowest BCUT2D eigenvalue weighted by Gasteiger charge is -2.07. The lowest BCUT2D eigenvalue weighted by Crippen LogP contribution is -1.87. The maximum Gasteiger partial charge on any atom is 0.133 e. The van der Waals surface area contributed by atoms with Crippen molar-refractivity contribution in [3.8, 4) is 0 Å². The number of rotatable bonds is 2. The topological polar surface area (TPSA) is 12.4 Å². The van der Waals surface area contributed by atoms with Crippen LogP contribution in [0.3, 0.4) is 0 Å². The highest BCUT2D eigenvalue weighted by Gasteiger charge is 2.08. The molecule has 0 saturated carbocycles. The first-order valence-corrected chi connectivity index (χ1v) is 4.35. The van der Waals surface area contributed by atoms with Crippen LogP contribution in [0.2, 0.25) is 0 Å². The number of hydrogen-bond acceptors (Lipinski definition) is 1. The summed E-state index contributed by atoms with van der Waals surface area (Å²) in [6.07, 6.45) is 0. The van der Waals surface area contributed by atoms with Gasteiger partial charge in [0, 0.05) is 5.56 Å². The second-order valence-electron chi connectivity index (χ2n) is 2.82. The molecule has 0 aliphatic carbocycles. The van der Waals surface area contributed by atoms with Crippen LogP contribution >= 0.6 is 9.24 Å². The smallest absolute Gasteiger partial charge is 0.133 e. The van der Waals surface area contributed by atoms with Crippen LogP contribution in [0.1, 0.15) is 11.1 Å². The Balaban J connectivity index is 3.47. The molecule has 0 heterocycles. The van der Waals surface area contributed by atoms with Gasteiger partial charge in [0.05, 0.1) is 5.69 Å². The lowest BCUT2D eigenvalue weighted by atomic mass is 10.1. The predicted octanol–water partition coefficient (Wildman–Crippen LogP) is 3.31. The van der Waals surface area contributed by atoms with E-state index in [0.29, 0.717) is 16.6 Å². The molecule has 1 atom stereocenters. The number of aryl methyl sites for hydroxylation is 1. The Bertz CT molecular complexity index is 371. The van der Waals surface area contributed by atoms with Gasteiger partial charge in [0.25, 0.3) is 0 Å². The highest BCUT2D eigenvalue weighted by molar-refractivity contribution is 7.31. The Morgan fingerprint density at radius 2 is 2.15 bits per heavy atom. The van der Waals surface area contributed by atoms with Gasteiger partial charge < -0.3 is 0 Å². The van der Waals surface area contributed by atoms with Gasteiger partial charge in [-0.15, -0.1) is 9.24 Å². The molecule has 0 spiro atoms. The zero-order chi connectivity index (χ0) is 10.0. The molecule has 0 aliphatic heterocycles. The van der Waals surface area contributed by atoms with Gasteiger partial charge >= 0.3 is 0 Å². The van der Waals surface area contributed by atoms with Crippen molar-refractivity contribution in [1.82, 2.24) is 0 Å². The zero-order valence-corrected chi connectivity index (χ0v) is 8.63. The van der Waals surface area contributed by atoms with Gasteiger partial charge in [-0.3, -0.25) is 4.99 Å². The minimum Gasteiger partial charge on any atom is -0.264 e. The molecule has 0 aromatic heterocycles. The summed E-state index contributed by atoms with van der Waals surface area (Å²) in [5.41, 5.74) is 1.79. The van der Waals surface area contributed by atoms with Gasteiger partial charge in [0.2, 0.25) is 0 Å². The summed E-state index contributed by atoms with van der Waals surface area (Å²) in [4.78, 5) is 3.75. The van der Waals surface area contributed by atoms with E-state index < -0.39 is 0 Å². The number of hydrogen-bond donors (Lipinski definition) is 0. The molecule has 1 aromatic carbocycles. The SMILES string of the molecule is C=Nc1cc(C)cc(F)c1C(=C)P. The second kappa shape index (κ2) is 3.80. The third kappa shape index (κ3) is 2.02. The van der Waals surface area contributed by atoms with E-state index >= 15 is 0 Å². The molecule has 68 valence electrons. The summed E-state index contributed by atoms with van der Waals surface area (Å²) < 4.78 is 13.4. The van der Waals surface area contributed by atoms with E-state index in [0.717, 1.165) is 5.56 Å². The van der Waals surface area contributed by atoms with Gasteiger partial charge in [0.1, 0.15) is 5.82 Å². The van der Waals surface area contributed by atoms with E-state index in [1.807, 2.05) is 6.92 Å². The van der Waals surface area contributed by atoms with Crippen LogP contribution in [0, 0.1) is 12.7 Å². The first-order chi connectivity index (χ1) is 6.06. The van der Waals surface area contributed by atoms with Crippen molar-refractivity contribution in [2.75, 3.05) is 0 Å². The van der Waals surface area contributed by atoms with Crippen molar-refractivity contribution in [2.45, 2.75) is 6.92 Å². The van der Waals surface area contributed by atoms with Crippen molar-refractivity contribution in [3.63, 3.8) is 0 Å². The van der Waals surface area contributed by atoms with Crippen molar-refractivity contribution in [2.24, 2.45) is 4.99 Å². The monoisotopic (exact) mass is 195 g/mol. The number of benzene rings is 1. The molecule has 0 radical (unpaired) electrons. The van der Waals surface area contributed by atoms with Crippen LogP contribution < -0.4 is 0 Å². The van der Waals surface area contributed by atoms with Gasteiger partial charge in [-0.25, -0.2) is 4.39 Å². The maximum atomic E-state index is 13.4. The van der Waals surface area contributed by atoms with Crippen LogP contribution in [0.25, 0.3) is 5.31 Å². The number of nitrogens with zero attached hydrogens (tertiary/aromatic N) is 1. The Hall–Kier alpha value is -1.01.